The third kappa shape index (κ3) is 2.91. The van der Waals surface area contributed by atoms with Crippen molar-refractivity contribution in [2.24, 2.45) is 5.92 Å². The monoisotopic (exact) mass is 289 g/mol. The van der Waals surface area contributed by atoms with E-state index in [0.29, 0.717) is 36.2 Å². The maximum atomic E-state index is 10.9. The predicted octanol–water partition coefficient (Wildman–Crippen LogP) is 3.17. The van der Waals surface area contributed by atoms with Crippen LogP contribution in [0.4, 0.5) is 0 Å². The SMILES string of the molecule is CC(c1ccc(O)cc1)N1C2CCC1CC(CC(=O)O)C2. The highest BCUT2D eigenvalue weighted by molar-refractivity contribution is 5.67. The Hall–Kier alpha value is -1.55. The normalized spacial score (nSPS) is 30.2. The maximum Gasteiger partial charge on any atom is 0.303 e. The van der Waals surface area contributed by atoms with Gasteiger partial charge in [0.1, 0.15) is 5.75 Å². The number of nitrogens with zero attached hydrogens (tertiary/aromatic N) is 1. The zero-order valence-electron chi connectivity index (χ0n) is 12.4. The van der Waals surface area contributed by atoms with Crippen LogP contribution < -0.4 is 0 Å². The lowest BCUT2D eigenvalue weighted by Gasteiger charge is -2.42. The van der Waals surface area contributed by atoms with Gasteiger partial charge in [-0.1, -0.05) is 12.1 Å². The second-order valence-electron chi connectivity index (χ2n) is 6.54. The van der Waals surface area contributed by atoms with Gasteiger partial charge >= 0.3 is 5.97 Å². The van der Waals surface area contributed by atoms with Crippen LogP contribution in [0.2, 0.25) is 0 Å². The Balaban J connectivity index is 1.72. The molecule has 0 spiro atoms. The number of aliphatic carboxylic acids is 1. The van der Waals surface area contributed by atoms with E-state index < -0.39 is 5.97 Å². The van der Waals surface area contributed by atoms with Crippen LogP contribution in [0.5, 0.6) is 5.75 Å². The Morgan fingerprint density at radius 1 is 1.24 bits per heavy atom. The smallest absolute Gasteiger partial charge is 0.303 e. The van der Waals surface area contributed by atoms with Gasteiger partial charge < -0.3 is 10.2 Å². The highest BCUT2D eigenvalue weighted by Gasteiger charge is 2.43. The lowest BCUT2D eigenvalue weighted by Crippen LogP contribution is -2.44. The Morgan fingerprint density at radius 3 is 2.33 bits per heavy atom. The molecule has 0 radical (unpaired) electrons. The molecule has 2 heterocycles. The van der Waals surface area contributed by atoms with E-state index >= 15 is 0 Å². The molecule has 2 aliphatic heterocycles. The van der Waals surface area contributed by atoms with Crippen molar-refractivity contribution >= 4 is 5.97 Å². The molecule has 1 aromatic carbocycles. The number of piperidine rings is 1. The summed E-state index contributed by atoms with van der Waals surface area (Å²) in [6.07, 6.45) is 4.69. The molecule has 0 saturated carbocycles. The minimum atomic E-state index is -0.667. The van der Waals surface area contributed by atoms with E-state index in [0.717, 1.165) is 12.8 Å². The predicted molar refractivity (Wildman–Crippen MR) is 80.1 cm³/mol. The minimum absolute atomic E-state index is 0.300. The van der Waals surface area contributed by atoms with Gasteiger partial charge in [0.25, 0.3) is 0 Å². The molecule has 4 heteroatoms. The van der Waals surface area contributed by atoms with E-state index in [4.69, 9.17) is 5.11 Å². The summed E-state index contributed by atoms with van der Waals surface area (Å²) >= 11 is 0. The Morgan fingerprint density at radius 2 is 1.81 bits per heavy atom. The molecule has 21 heavy (non-hydrogen) atoms. The first kappa shape index (κ1) is 14.4. The molecule has 0 aromatic heterocycles. The van der Waals surface area contributed by atoms with Gasteiger partial charge in [0.2, 0.25) is 0 Å². The van der Waals surface area contributed by atoms with Crippen molar-refractivity contribution in [2.75, 3.05) is 0 Å². The molecular weight excluding hydrogens is 266 g/mol. The molecule has 114 valence electrons. The molecule has 2 N–H and O–H groups in total. The number of rotatable bonds is 4. The number of carboxylic acid groups (broad SMARTS) is 1. The van der Waals surface area contributed by atoms with Crippen molar-refractivity contribution in [2.45, 2.75) is 57.2 Å². The molecule has 2 bridgehead atoms. The topological polar surface area (TPSA) is 60.8 Å². The molecular formula is C17H23NO3. The quantitative estimate of drug-likeness (QED) is 0.893. The zero-order valence-corrected chi connectivity index (χ0v) is 12.4. The molecule has 0 aliphatic carbocycles. The minimum Gasteiger partial charge on any atom is -0.508 e. The van der Waals surface area contributed by atoms with Crippen LogP contribution in [0.15, 0.2) is 24.3 Å². The van der Waals surface area contributed by atoms with Crippen LogP contribution in [0, 0.1) is 5.92 Å². The van der Waals surface area contributed by atoms with E-state index in [-0.39, 0.29) is 0 Å². The zero-order chi connectivity index (χ0) is 15.0. The molecule has 3 atom stereocenters. The molecule has 3 rings (SSSR count). The molecule has 0 amide bonds. The fourth-order valence-electron chi connectivity index (χ4n) is 4.30. The van der Waals surface area contributed by atoms with E-state index in [1.54, 1.807) is 12.1 Å². The molecule has 2 aliphatic rings. The molecule has 3 unspecified atom stereocenters. The van der Waals surface area contributed by atoms with Gasteiger partial charge in [-0.05, 0) is 56.2 Å². The summed E-state index contributed by atoms with van der Waals surface area (Å²) in [6, 6.07) is 8.81. The number of benzene rings is 1. The van der Waals surface area contributed by atoms with Gasteiger partial charge in [-0.3, -0.25) is 9.69 Å². The standard InChI is InChI=1S/C17H23NO3/c1-11(13-2-6-16(19)7-3-13)18-14-4-5-15(18)9-12(8-14)10-17(20)21/h2-3,6-7,11-12,14-15,19H,4-5,8-10H2,1H3,(H,20,21). The van der Waals surface area contributed by atoms with Crippen LogP contribution in [0.3, 0.4) is 0 Å². The van der Waals surface area contributed by atoms with Gasteiger partial charge in [0.15, 0.2) is 0 Å². The first-order valence-corrected chi connectivity index (χ1v) is 7.82. The van der Waals surface area contributed by atoms with Crippen molar-refractivity contribution in [1.82, 2.24) is 4.90 Å². The largest absolute Gasteiger partial charge is 0.508 e. The second-order valence-corrected chi connectivity index (χ2v) is 6.54. The van der Waals surface area contributed by atoms with Gasteiger partial charge in [0.05, 0.1) is 0 Å². The summed E-state index contributed by atoms with van der Waals surface area (Å²) < 4.78 is 0. The number of fused-ring (bicyclic) bond motifs is 2. The lowest BCUT2D eigenvalue weighted by atomic mass is 9.86. The molecule has 2 fully saturated rings. The van der Waals surface area contributed by atoms with Gasteiger partial charge in [0, 0.05) is 24.5 Å². The number of hydrogen-bond donors (Lipinski definition) is 2. The molecule has 1 aromatic rings. The number of aromatic hydroxyl groups is 1. The van der Waals surface area contributed by atoms with E-state index in [2.05, 4.69) is 11.8 Å². The summed E-state index contributed by atoms with van der Waals surface area (Å²) in [7, 11) is 0. The Kier molecular flexibility index (Phi) is 3.89. The van der Waals surface area contributed by atoms with E-state index in [1.165, 1.54) is 18.4 Å². The van der Waals surface area contributed by atoms with Crippen molar-refractivity contribution in [3.05, 3.63) is 29.8 Å². The third-order valence-corrected chi connectivity index (χ3v) is 5.17. The fourth-order valence-corrected chi connectivity index (χ4v) is 4.30. The van der Waals surface area contributed by atoms with Crippen molar-refractivity contribution in [3.63, 3.8) is 0 Å². The van der Waals surface area contributed by atoms with Crippen LogP contribution in [0.25, 0.3) is 0 Å². The average Bonchev–Trinajstić information content (AvgIpc) is 2.70. The first-order chi connectivity index (χ1) is 10.0. The van der Waals surface area contributed by atoms with E-state index in [1.807, 2.05) is 12.1 Å². The Labute approximate surface area is 125 Å². The van der Waals surface area contributed by atoms with E-state index in [9.17, 15) is 9.90 Å². The van der Waals surface area contributed by atoms with Gasteiger partial charge in [-0.25, -0.2) is 0 Å². The highest BCUT2D eigenvalue weighted by Crippen LogP contribution is 2.44. The number of carboxylic acids is 1. The summed E-state index contributed by atoms with van der Waals surface area (Å²) in [5.41, 5.74) is 1.22. The third-order valence-electron chi connectivity index (χ3n) is 5.17. The fraction of sp³-hybridized carbons (Fsp3) is 0.588. The van der Waals surface area contributed by atoms with Gasteiger partial charge in [-0.2, -0.15) is 0 Å². The molecule has 2 saturated heterocycles. The highest BCUT2D eigenvalue weighted by atomic mass is 16.4. The van der Waals surface area contributed by atoms with Crippen LogP contribution in [0.1, 0.15) is 50.6 Å². The van der Waals surface area contributed by atoms with Crippen LogP contribution in [-0.2, 0) is 4.79 Å². The van der Waals surface area contributed by atoms with Crippen LogP contribution in [-0.4, -0.2) is 33.2 Å². The molecule has 4 nitrogen and oxygen atoms in total. The second kappa shape index (κ2) is 5.68. The number of phenolic OH excluding ortho intramolecular Hbond substituents is 1. The lowest BCUT2D eigenvalue weighted by molar-refractivity contribution is -0.138. The van der Waals surface area contributed by atoms with Crippen molar-refractivity contribution in [1.29, 1.82) is 0 Å². The summed E-state index contributed by atoms with van der Waals surface area (Å²) in [4.78, 5) is 13.5. The number of hydrogen-bond acceptors (Lipinski definition) is 3. The average molecular weight is 289 g/mol. The van der Waals surface area contributed by atoms with Crippen molar-refractivity contribution < 1.29 is 15.0 Å². The number of phenols is 1. The summed E-state index contributed by atoms with van der Waals surface area (Å²) in [5, 5.41) is 18.4. The maximum absolute atomic E-state index is 10.9. The summed E-state index contributed by atoms with van der Waals surface area (Å²) in [6.45, 7) is 2.22. The number of carbonyl (C=O) groups is 1. The first-order valence-electron chi connectivity index (χ1n) is 7.82. The summed E-state index contributed by atoms with van der Waals surface area (Å²) in [5.74, 6) is -0.0308. The van der Waals surface area contributed by atoms with Gasteiger partial charge in [-0.15, -0.1) is 0 Å². The Bertz CT molecular complexity index is 499. The van der Waals surface area contributed by atoms with Crippen LogP contribution >= 0.6 is 0 Å². The van der Waals surface area contributed by atoms with Crippen molar-refractivity contribution in [3.8, 4) is 5.75 Å².